The molecule has 0 unspecified atom stereocenters. The van der Waals surface area contributed by atoms with E-state index in [-0.39, 0.29) is 5.91 Å². The summed E-state index contributed by atoms with van der Waals surface area (Å²) in [6, 6.07) is 15.9. The van der Waals surface area contributed by atoms with E-state index in [2.05, 4.69) is 32.3 Å². The molecule has 0 bridgehead atoms. The van der Waals surface area contributed by atoms with Crippen molar-refractivity contribution in [2.75, 3.05) is 11.9 Å². The Bertz CT molecular complexity index is 838. The first-order valence-corrected chi connectivity index (χ1v) is 7.38. The second-order valence-electron chi connectivity index (χ2n) is 5.36. The van der Waals surface area contributed by atoms with E-state index in [4.69, 9.17) is 0 Å². The highest BCUT2D eigenvalue weighted by atomic mass is 16.1. The Morgan fingerprint density at radius 2 is 2.00 bits per heavy atom. The van der Waals surface area contributed by atoms with Crippen LogP contribution in [-0.4, -0.2) is 22.0 Å². The van der Waals surface area contributed by atoms with Crippen LogP contribution in [0.15, 0.2) is 48.5 Å². The summed E-state index contributed by atoms with van der Waals surface area (Å²) >= 11 is 0. The molecule has 1 aliphatic rings. The molecular formula is C17H16N4O. The second kappa shape index (κ2) is 5.18. The number of nitrogens with zero attached hydrogens (tertiary/aromatic N) is 2. The van der Waals surface area contributed by atoms with Crippen LogP contribution in [0.3, 0.4) is 0 Å². The van der Waals surface area contributed by atoms with Crippen LogP contribution < -0.4 is 10.6 Å². The molecule has 0 saturated heterocycles. The van der Waals surface area contributed by atoms with Crippen molar-refractivity contribution in [1.82, 2.24) is 14.9 Å². The van der Waals surface area contributed by atoms with Gasteiger partial charge in [-0.25, -0.2) is 4.98 Å². The molecule has 110 valence electrons. The normalized spacial score (nSPS) is 13.7. The molecule has 5 heteroatoms. The fraction of sp³-hybridized carbons (Fsp3) is 0.176. The molecule has 1 aliphatic heterocycles. The average molecular weight is 292 g/mol. The fourth-order valence-corrected chi connectivity index (χ4v) is 2.87. The van der Waals surface area contributed by atoms with Crippen LogP contribution in [-0.2, 0) is 13.1 Å². The number of hydrogen-bond donors (Lipinski definition) is 2. The predicted octanol–water partition coefficient (Wildman–Crippen LogP) is 2.39. The van der Waals surface area contributed by atoms with Gasteiger partial charge in [-0.05, 0) is 17.7 Å². The smallest absolute Gasteiger partial charge is 0.253 e. The van der Waals surface area contributed by atoms with Crippen LogP contribution in [0.1, 0.15) is 15.9 Å². The number of imidazole rings is 1. The van der Waals surface area contributed by atoms with E-state index >= 15 is 0 Å². The van der Waals surface area contributed by atoms with Crippen molar-refractivity contribution in [3.05, 3.63) is 59.7 Å². The first kappa shape index (κ1) is 12.9. The number of carbonyl (C=O) groups is 1. The van der Waals surface area contributed by atoms with E-state index < -0.39 is 0 Å². The zero-order valence-electron chi connectivity index (χ0n) is 12.0. The van der Waals surface area contributed by atoms with Gasteiger partial charge in [-0.1, -0.05) is 36.4 Å². The van der Waals surface area contributed by atoms with Crippen LogP contribution in [0.4, 0.5) is 5.95 Å². The summed E-state index contributed by atoms with van der Waals surface area (Å²) < 4.78 is 2.09. The molecule has 0 saturated carbocycles. The van der Waals surface area contributed by atoms with Gasteiger partial charge in [-0.2, -0.15) is 0 Å². The lowest BCUT2D eigenvalue weighted by Gasteiger charge is -2.09. The van der Waals surface area contributed by atoms with Gasteiger partial charge in [0.15, 0.2) is 0 Å². The Balaban J connectivity index is 1.74. The molecule has 5 nitrogen and oxygen atoms in total. The van der Waals surface area contributed by atoms with E-state index in [0.717, 1.165) is 23.5 Å². The van der Waals surface area contributed by atoms with Crippen molar-refractivity contribution in [3.8, 4) is 0 Å². The summed E-state index contributed by atoms with van der Waals surface area (Å²) in [5.74, 6) is 0.779. The van der Waals surface area contributed by atoms with Gasteiger partial charge in [0.1, 0.15) is 0 Å². The summed E-state index contributed by atoms with van der Waals surface area (Å²) in [7, 11) is 0. The zero-order chi connectivity index (χ0) is 14.9. The Kier molecular flexibility index (Phi) is 3.04. The van der Waals surface area contributed by atoms with Gasteiger partial charge in [0.05, 0.1) is 16.6 Å². The lowest BCUT2D eigenvalue weighted by atomic mass is 10.2. The van der Waals surface area contributed by atoms with E-state index in [9.17, 15) is 4.79 Å². The molecular weight excluding hydrogens is 276 g/mol. The quantitative estimate of drug-likeness (QED) is 0.779. The van der Waals surface area contributed by atoms with Crippen LogP contribution >= 0.6 is 0 Å². The SMILES string of the molecule is O=C1NCCn2c(NCc3ccccc3)nc3cccc1c32. The van der Waals surface area contributed by atoms with Crippen molar-refractivity contribution < 1.29 is 4.79 Å². The van der Waals surface area contributed by atoms with Crippen LogP contribution in [0, 0.1) is 0 Å². The first-order chi connectivity index (χ1) is 10.8. The van der Waals surface area contributed by atoms with E-state index in [1.54, 1.807) is 0 Å². The van der Waals surface area contributed by atoms with Gasteiger partial charge in [0.25, 0.3) is 5.91 Å². The number of benzene rings is 2. The van der Waals surface area contributed by atoms with Crippen molar-refractivity contribution in [1.29, 1.82) is 0 Å². The standard InChI is InChI=1S/C17H16N4O/c22-16-13-7-4-8-14-15(13)21(10-9-18-16)17(20-14)19-11-12-5-2-1-3-6-12/h1-8H,9-11H2,(H,18,22)(H,19,20). The van der Waals surface area contributed by atoms with Gasteiger partial charge >= 0.3 is 0 Å². The zero-order valence-corrected chi connectivity index (χ0v) is 12.0. The summed E-state index contributed by atoms with van der Waals surface area (Å²) in [5, 5.41) is 6.31. The molecule has 2 N–H and O–H groups in total. The minimum atomic E-state index is -0.0288. The Hall–Kier alpha value is -2.82. The van der Waals surface area contributed by atoms with Gasteiger partial charge < -0.3 is 15.2 Å². The number of hydrogen-bond acceptors (Lipinski definition) is 3. The average Bonchev–Trinajstić information content (AvgIpc) is 2.82. The number of aromatic nitrogens is 2. The lowest BCUT2D eigenvalue weighted by Crippen LogP contribution is -2.24. The molecule has 0 atom stereocenters. The highest BCUT2D eigenvalue weighted by molar-refractivity contribution is 6.06. The van der Waals surface area contributed by atoms with Crippen molar-refractivity contribution in [3.63, 3.8) is 0 Å². The number of nitrogens with one attached hydrogen (secondary N) is 2. The Morgan fingerprint density at radius 3 is 2.86 bits per heavy atom. The molecule has 1 aromatic heterocycles. The number of para-hydroxylation sites is 1. The first-order valence-electron chi connectivity index (χ1n) is 7.38. The van der Waals surface area contributed by atoms with Crippen LogP contribution in [0.5, 0.6) is 0 Å². The third-order valence-electron chi connectivity index (χ3n) is 3.93. The fourth-order valence-electron chi connectivity index (χ4n) is 2.87. The summed E-state index contributed by atoms with van der Waals surface area (Å²) in [5.41, 5.74) is 3.65. The highest BCUT2D eigenvalue weighted by Gasteiger charge is 2.20. The van der Waals surface area contributed by atoms with E-state index in [1.807, 2.05) is 36.4 Å². The topological polar surface area (TPSA) is 59.0 Å². The molecule has 0 spiro atoms. The maximum Gasteiger partial charge on any atom is 0.253 e. The number of rotatable bonds is 3. The highest BCUT2D eigenvalue weighted by Crippen LogP contribution is 2.25. The predicted molar refractivity (Wildman–Crippen MR) is 85.8 cm³/mol. The third kappa shape index (κ3) is 2.11. The molecule has 1 amide bonds. The monoisotopic (exact) mass is 292 g/mol. The number of carbonyl (C=O) groups excluding carboxylic acids is 1. The maximum absolute atomic E-state index is 12.1. The summed E-state index contributed by atoms with van der Waals surface area (Å²) in [6.07, 6.45) is 0. The Labute approximate surface area is 128 Å². The maximum atomic E-state index is 12.1. The van der Waals surface area contributed by atoms with Gasteiger partial charge in [0, 0.05) is 19.6 Å². The molecule has 0 fully saturated rings. The van der Waals surface area contributed by atoms with Crippen molar-refractivity contribution >= 4 is 22.9 Å². The molecule has 2 aromatic carbocycles. The van der Waals surface area contributed by atoms with Gasteiger partial charge in [-0.15, -0.1) is 0 Å². The second-order valence-corrected chi connectivity index (χ2v) is 5.36. The summed E-state index contributed by atoms with van der Waals surface area (Å²) in [4.78, 5) is 16.8. The van der Waals surface area contributed by atoms with Crippen molar-refractivity contribution in [2.45, 2.75) is 13.1 Å². The Morgan fingerprint density at radius 1 is 1.14 bits per heavy atom. The van der Waals surface area contributed by atoms with Crippen molar-refractivity contribution in [2.24, 2.45) is 0 Å². The van der Waals surface area contributed by atoms with Gasteiger partial charge in [0.2, 0.25) is 5.95 Å². The molecule has 3 aromatic rings. The molecule has 2 heterocycles. The number of anilines is 1. The van der Waals surface area contributed by atoms with Crippen LogP contribution in [0.2, 0.25) is 0 Å². The largest absolute Gasteiger partial charge is 0.352 e. The molecule has 22 heavy (non-hydrogen) atoms. The van der Waals surface area contributed by atoms with E-state index in [0.29, 0.717) is 18.7 Å². The minimum absolute atomic E-state index is 0.0288. The van der Waals surface area contributed by atoms with Gasteiger partial charge in [-0.3, -0.25) is 4.79 Å². The minimum Gasteiger partial charge on any atom is -0.352 e. The molecule has 0 aliphatic carbocycles. The lowest BCUT2D eigenvalue weighted by molar-refractivity contribution is 0.0956. The number of amides is 1. The molecule has 4 rings (SSSR count). The third-order valence-corrected chi connectivity index (χ3v) is 3.93. The van der Waals surface area contributed by atoms with E-state index in [1.165, 1.54) is 5.56 Å². The van der Waals surface area contributed by atoms with Crippen LogP contribution in [0.25, 0.3) is 11.0 Å². The summed E-state index contributed by atoms with van der Waals surface area (Å²) in [6.45, 7) is 2.04. The molecule has 0 radical (unpaired) electrons.